The summed E-state index contributed by atoms with van der Waals surface area (Å²) >= 11 is 13.3. The molecule has 1 atom stereocenters. The molecule has 118 valence electrons. The number of anilines is 1. The maximum Gasteiger partial charge on any atom is 0.257 e. The summed E-state index contributed by atoms with van der Waals surface area (Å²) in [7, 11) is 0. The molecule has 7 heteroatoms. The van der Waals surface area contributed by atoms with E-state index in [1.54, 1.807) is 25.1 Å². The molecule has 0 aliphatic heterocycles. The predicted molar refractivity (Wildman–Crippen MR) is 94.4 cm³/mol. The van der Waals surface area contributed by atoms with E-state index in [2.05, 4.69) is 10.3 Å². The van der Waals surface area contributed by atoms with Gasteiger partial charge in [-0.25, -0.2) is 4.98 Å². The fraction of sp³-hybridized carbons (Fsp3) is 0.125. The summed E-state index contributed by atoms with van der Waals surface area (Å²) in [5, 5.41) is 3.55. The lowest BCUT2D eigenvalue weighted by Gasteiger charge is -2.12. The van der Waals surface area contributed by atoms with E-state index in [4.69, 9.17) is 27.6 Å². The summed E-state index contributed by atoms with van der Waals surface area (Å²) < 4.78 is 5.61. The standard InChI is InChI=1S/C16H12Cl2N2O2S/c1-9(15(21)20-14-10(17)5-4-6-11(14)18)23-16-19-12-7-2-3-8-13(12)22-16/h2-9H,1H3,(H,20,21). The number of nitrogens with one attached hydrogen (secondary N) is 1. The van der Waals surface area contributed by atoms with Crippen molar-refractivity contribution in [3.8, 4) is 0 Å². The number of hydrogen-bond donors (Lipinski definition) is 1. The van der Waals surface area contributed by atoms with Crippen LogP contribution in [0.25, 0.3) is 11.1 Å². The molecule has 0 saturated carbocycles. The molecule has 1 unspecified atom stereocenters. The van der Waals surface area contributed by atoms with Crippen LogP contribution in [0.2, 0.25) is 10.0 Å². The quantitative estimate of drug-likeness (QED) is 0.640. The molecule has 2 aromatic carbocycles. The Morgan fingerprint density at radius 2 is 1.87 bits per heavy atom. The van der Waals surface area contributed by atoms with Crippen LogP contribution >= 0.6 is 35.0 Å². The molecule has 1 amide bonds. The molecule has 4 nitrogen and oxygen atoms in total. The minimum absolute atomic E-state index is 0.229. The van der Waals surface area contributed by atoms with E-state index in [-0.39, 0.29) is 5.91 Å². The van der Waals surface area contributed by atoms with Gasteiger partial charge >= 0.3 is 0 Å². The van der Waals surface area contributed by atoms with E-state index in [0.717, 1.165) is 5.52 Å². The summed E-state index contributed by atoms with van der Waals surface area (Å²) in [6.07, 6.45) is 0. The van der Waals surface area contributed by atoms with Gasteiger partial charge in [0.2, 0.25) is 5.91 Å². The summed E-state index contributed by atoms with van der Waals surface area (Å²) in [5.41, 5.74) is 1.86. The Balaban J connectivity index is 1.72. The molecule has 1 aromatic heterocycles. The molecular weight excluding hydrogens is 355 g/mol. The van der Waals surface area contributed by atoms with Gasteiger partial charge in [0.1, 0.15) is 5.52 Å². The zero-order valence-electron chi connectivity index (χ0n) is 12.0. The second-order valence-corrected chi connectivity index (χ2v) is 6.90. The first-order chi connectivity index (χ1) is 11.0. The average Bonchev–Trinajstić information content (AvgIpc) is 2.93. The molecule has 0 fully saturated rings. The number of hydrogen-bond acceptors (Lipinski definition) is 4. The summed E-state index contributed by atoms with van der Waals surface area (Å²) in [4.78, 5) is 16.7. The molecule has 0 aliphatic carbocycles. The lowest BCUT2D eigenvalue weighted by Crippen LogP contribution is -2.22. The number of carbonyl (C=O) groups excluding carboxylic acids is 1. The van der Waals surface area contributed by atoms with Gasteiger partial charge in [0.05, 0.1) is 21.0 Å². The van der Waals surface area contributed by atoms with E-state index in [1.165, 1.54) is 11.8 Å². The largest absolute Gasteiger partial charge is 0.431 e. The molecule has 0 radical (unpaired) electrons. The topological polar surface area (TPSA) is 55.1 Å². The monoisotopic (exact) mass is 366 g/mol. The van der Waals surface area contributed by atoms with Gasteiger partial charge in [-0.05, 0) is 31.2 Å². The van der Waals surface area contributed by atoms with Crippen LogP contribution in [-0.4, -0.2) is 16.1 Å². The lowest BCUT2D eigenvalue weighted by molar-refractivity contribution is -0.115. The smallest absolute Gasteiger partial charge is 0.257 e. The number of rotatable bonds is 4. The van der Waals surface area contributed by atoms with Crippen molar-refractivity contribution in [2.75, 3.05) is 5.32 Å². The molecule has 0 saturated heterocycles. The normalized spacial score (nSPS) is 12.3. The van der Waals surface area contributed by atoms with Crippen LogP contribution in [0.1, 0.15) is 6.92 Å². The second-order valence-electron chi connectivity index (χ2n) is 4.79. The number of para-hydroxylation sites is 3. The number of oxazole rings is 1. The lowest BCUT2D eigenvalue weighted by atomic mass is 10.3. The Bertz CT molecular complexity index is 813. The van der Waals surface area contributed by atoms with Crippen molar-refractivity contribution in [1.82, 2.24) is 4.98 Å². The maximum absolute atomic E-state index is 12.3. The second kappa shape index (κ2) is 6.83. The SMILES string of the molecule is CC(Sc1nc2ccccc2o1)C(=O)Nc1c(Cl)cccc1Cl. The van der Waals surface area contributed by atoms with E-state index in [1.807, 2.05) is 24.3 Å². The Kier molecular flexibility index (Phi) is 4.80. The maximum atomic E-state index is 12.3. The highest BCUT2D eigenvalue weighted by atomic mass is 35.5. The molecule has 1 heterocycles. The van der Waals surface area contributed by atoms with Crippen molar-refractivity contribution in [3.63, 3.8) is 0 Å². The number of fused-ring (bicyclic) bond motifs is 1. The molecule has 0 spiro atoms. The number of benzene rings is 2. The Morgan fingerprint density at radius 3 is 2.57 bits per heavy atom. The Labute approximate surface area is 147 Å². The Hall–Kier alpha value is -1.69. The van der Waals surface area contributed by atoms with Crippen LogP contribution < -0.4 is 5.32 Å². The first-order valence-corrected chi connectivity index (χ1v) is 8.45. The van der Waals surface area contributed by atoms with Gasteiger partial charge in [-0.3, -0.25) is 4.79 Å². The van der Waals surface area contributed by atoms with Crippen LogP contribution in [0.15, 0.2) is 52.1 Å². The van der Waals surface area contributed by atoms with E-state index in [0.29, 0.717) is 26.5 Å². The van der Waals surface area contributed by atoms with Gasteiger partial charge in [0.15, 0.2) is 5.58 Å². The Morgan fingerprint density at radius 1 is 1.17 bits per heavy atom. The van der Waals surface area contributed by atoms with E-state index < -0.39 is 5.25 Å². The van der Waals surface area contributed by atoms with Gasteiger partial charge in [-0.2, -0.15) is 0 Å². The van der Waals surface area contributed by atoms with Crippen LogP contribution in [0.5, 0.6) is 0 Å². The number of halogens is 2. The van der Waals surface area contributed by atoms with Crippen molar-refractivity contribution in [1.29, 1.82) is 0 Å². The zero-order chi connectivity index (χ0) is 16.4. The first kappa shape index (κ1) is 16.2. The van der Waals surface area contributed by atoms with Crippen LogP contribution in [0.3, 0.4) is 0 Å². The molecule has 23 heavy (non-hydrogen) atoms. The zero-order valence-corrected chi connectivity index (χ0v) is 14.4. The van der Waals surface area contributed by atoms with Crippen LogP contribution in [0, 0.1) is 0 Å². The number of aromatic nitrogens is 1. The predicted octanol–water partition coefficient (Wildman–Crippen LogP) is 5.25. The fourth-order valence-corrected chi connectivity index (χ4v) is 3.20. The number of nitrogens with zero attached hydrogens (tertiary/aromatic N) is 1. The minimum atomic E-state index is -0.421. The molecule has 0 bridgehead atoms. The van der Waals surface area contributed by atoms with E-state index in [9.17, 15) is 4.79 Å². The van der Waals surface area contributed by atoms with Crippen molar-refractivity contribution < 1.29 is 9.21 Å². The third-order valence-corrected chi connectivity index (χ3v) is 4.71. The van der Waals surface area contributed by atoms with Gasteiger partial charge in [-0.1, -0.05) is 53.2 Å². The number of carbonyl (C=O) groups is 1. The molecule has 1 N–H and O–H groups in total. The third kappa shape index (κ3) is 3.63. The highest BCUT2D eigenvalue weighted by Gasteiger charge is 2.20. The minimum Gasteiger partial charge on any atom is -0.431 e. The molecule has 3 aromatic rings. The van der Waals surface area contributed by atoms with Crippen LogP contribution in [-0.2, 0) is 4.79 Å². The third-order valence-electron chi connectivity index (χ3n) is 3.13. The highest BCUT2D eigenvalue weighted by Crippen LogP contribution is 2.32. The van der Waals surface area contributed by atoms with Gasteiger partial charge < -0.3 is 9.73 Å². The van der Waals surface area contributed by atoms with Crippen molar-refractivity contribution in [3.05, 3.63) is 52.5 Å². The molecule has 0 aliphatic rings. The summed E-state index contributed by atoms with van der Waals surface area (Å²) in [5.74, 6) is -0.229. The summed E-state index contributed by atoms with van der Waals surface area (Å²) in [6.45, 7) is 1.76. The fourth-order valence-electron chi connectivity index (χ4n) is 1.95. The average molecular weight is 367 g/mol. The molecular formula is C16H12Cl2N2O2S. The van der Waals surface area contributed by atoms with Crippen molar-refractivity contribution in [2.24, 2.45) is 0 Å². The molecule has 3 rings (SSSR count). The first-order valence-electron chi connectivity index (χ1n) is 6.81. The number of amides is 1. The van der Waals surface area contributed by atoms with Gasteiger partial charge in [0, 0.05) is 0 Å². The number of thioether (sulfide) groups is 1. The highest BCUT2D eigenvalue weighted by molar-refractivity contribution is 8.00. The van der Waals surface area contributed by atoms with E-state index >= 15 is 0 Å². The van der Waals surface area contributed by atoms with Crippen molar-refractivity contribution >= 4 is 57.7 Å². The van der Waals surface area contributed by atoms with Crippen molar-refractivity contribution in [2.45, 2.75) is 17.4 Å². The van der Waals surface area contributed by atoms with Gasteiger partial charge in [-0.15, -0.1) is 0 Å². The summed E-state index contributed by atoms with van der Waals surface area (Å²) in [6, 6.07) is 12.5. The van der Waals surface area contributed by atoms with Crippen LogP contribution in [0.4, 0.5) is 5.69 Å². The van der Waals surface area contributed by atoms with Gasteiger partial charge in [0.25, 0.3) is 5.22 Å².